The van der Waals surface area contributed by atoms with Gasteiger partial charge in [-0.2, -0.15) is 0 Å². The normalized spacial score (nSPS) is 35.1. The zero-order valence-electron chi connectivity index (χ0n) is 12.4. The van der Waals surface area contributed by atoms with Crippen molar-refractivity contribution in [1.29, 1.82) is 0 Å². The Kier molecular flexibility index (Phi) is 3.64. The highest BCUT2D eigenvalue weighted by molar-refractivity contribution is 6.74. The molecule has 4 atom stereocenters. The van der Waals surface area contributed by atoms with Gasteiger partial charge in [0.15, 0.2) is 8.32 Å². The first-order valence-electron chi connectivity index (χ1n) is 6.98. The lowest BCUT2D eigenvalue weighted by Gasteiger charge is -2.39. The van der Waals surface area contributed by atoms with Gasteiger partial charge in [0.1, 0.15) is 12.4 Å². The smallest absolute Gasteiger partial charge is 0.306 e. The summed E-state index contributed by atoms with van der Waals surface area (Å²) in [5.41, 5.74) is 0. The molecule has 2 rings (SSSR count). The van der Waals surface area contributed by atoms with Crippen LogP contribution >= 0.6 is 0 Å². The molecule has 5 heteroatoms. The van der Waals surface area contributed by atoms with Crippen molar-refractivity contribution >= 4 is 20.6 Å². The van der Waals surface area contributed by atoms with Gasteiger partial charge < -0.3 is 14.0 Å². The second kappa shape index (κ2) is 4.70. The molecule has 2 aliphatic rings. The highest BCUT2D eigenvalue weighted by Gasteiger charge is 2.53. The Bertz CT molecular complexity index is 385. The van der Waals surface area contributed by atoms with Crippen molar-refractivity contribution in [3.8, 4) is 0 Å². The van der Waals surface area contributed by atoms with Crippen LogP contribution in [-0.2, 0) is 18.8 Å². The van der Waals surface area contributed by atoms with Crippen LogP contribution in [0.15, 0.2) is 0 Å². The third-order valence-electron chi connectivity index (χ3n) is 4.96. The summed E-state index contributed by atoms with van der Waals surface area (Å²) in [5.74, 6) is -0.335. The van der Waals surface area contributed by atoms with Crippen molar-refractivity contribution in [1.82, 2.24) is 0 Å². The average Bonchev–Trinajstić information content (AvgIpc) is 2.70. The molecular weight excluding hydrogens is 260 g/mol. The number of ether oxygens (including phenoxy) is 1. The van der Waals surface area contributed by atoms with E-state index in [1.54, 1.807) is 0 Å². The molecule has 4 nitrogen and oxygen atoms in total. The number of carbonyl (C=O) groups excluding carboxylic acids is 2. The van der Waals surface area contributed by atoms with Crippen LogP contribution in [0.2, 0.25) is 18.1 Å². The topological polar surface area (TPSA) is 52.6 Å². The van der Waals surface area contributed by atoms with Crippen molar-refractivity contribution < 1.29 is 18.8 Å². The van der Waals surface area contributed by atoms with E-state index < -0.39 is 8.32 Å². The molecule has 0 aromatic heterocycles. The standard InChI is InChI=1S/C14H24O4Si/c1-14(2,3)19(4,5)18-12-7-11-9(10(12)8-15)6-13(16)17-11/h8-12H,6-7H2,1-5H3/t9-,10-,11?,12-/m1/s1. The molecule has 0 amide bonds. The Labute approximate surface area is 116 Å². The third kappa shape index (κ3) is 2.63. The summed E-state index contributed by atoms with van der Waals surface area (Å²) in [6.07, 6.45) is 1.81. The van der Waals surface area contributed by atoms with E-state index in [2.05, 4.69) is 33.9 Å². The fraction of sp³-hybridized carbons (Fsp3) is 0.857. The van der Waals surface area contributed by atoms with Crippen molar-refractivity contribution in [2.24, 2.45) is 11.8 Å². The number of carbonyl (C=O) groups is 2. The molecule has 1 unspecified atom stereocenters. The Morgan fingerprint density at radius 2 is 2.00 bits per heavy atom. The average molecular weight is 284 g/mol. The zero-order valence-corrected chi connectivity index (χ0v) is 13.4. The minimum Gasteiger partial charge on any atom is -0.462 e. The number of esters is 1. The van der Waals surface area contributed by atoms with Gasteiger partial charge in [-0.1, -0.05) is 20.8 Å². The summed E-state index contributed by atoms with van der Waals surface area (Å²) in [5, 5.41) is 0.120. The molecule has 1 aliphatic carbocycles. The minimum absolute atomic E-state index is 0.0276. The summed E-state index contributed by atoms with van der Waals surface area (Å²) in [4.78, 5) is 22.7. The highest BCUT2D eigenvalue weighted by atomic mass is 28.4. The number of aldehydes is 1. The van der Waals surface area contributed by atoms with E-state index in [1.165, 1.54) is 0 Å². The van der Waals surface area contributed by atoms with E-state index in [1.807, 2.05) is 0 Å². The third-order valence-corrected chi connectivity index (χ3v) is 9.46. The fourth-order valence-electron chi connectivity index (χ4n) is 2.77. The molecule has 2 fully saturated rings. The molecule has 0 aromatic rings. The Hall–Kier alpha value is -0.683. The van der Waals surface area contributed by atoms with Gasteiger partial charge in [-0.25, -0.2) is 0 Å². The molecule has 108 valence electrons. The second-order valence-corrected chi connectivity index (χ2v) is 12.0. The summed E-state index contributed by atoms with van der Waals surface area (Å²) in [7, 11) is -1.89. The Balaban J connectivity index is 2.11. The van der Waals surface area contributed by atoms with Gasteiger partial charge in [0.2, 0.25) is 0 Å². The largest absolute Gasteiger partial charge is 0.462 e. The predicted octanol–water partition coefficient (Wildman–Crippen LogP) is 2.53. The number of hydrogen-bond acceptors (Lipinski definition) is 4. The first-order valence-corrected chi connectivity index (χ1v) is 9.89. The lowest BCUT2D eigenvalue weighted by molar-refractivity contribution is -0.141. The van der Waals surface area contributed by atoms with Crippen LogP contribution in [0.3, 0.4) is 0 Å². The fourth-order valence-corrected chi connectivity index (χ4v) is 4.13. The van der Waals surface area contributed by atoms with Crippen LogP contribution in [0, 0.1) is 11.8 Å². The van der Waals surface area contributed by atoms with Crippen molar-refractivity contribution in [3.63, 3.8) is 0 Å². The van der Waals surface area contributed by atoms with Crippen molar-refractivity contribution in [3.05, 3.63) is 0 Å². The number of rotatable bonds is 3. The van der Waals surface area contributed by atoms with Crippen LogP contribution in [0.4, 0.5) is 0 Å². The second-order valence-electron chi connectivity index (χ2n) is 7.26. The van der Waals surface area contributed by atoms with Gasteiger partial charge in [0, 0.05) is 18.3 Å². The monoisotopic (exact) mass is 284 g/mol. The van der Waals surface area contributed by atoms with E-state index in [4.69, 9.17) is 9.16 Å². The lowest BCUT2D eigenvalue weighted by atomic mass is 9.94. The summed E-state index contributed by atoms with van der Waals surface area (Å²) in [6, 6.07) is 0. The van der Waals surface area contributed by atoms with E-state index >= 15 is 0 Å². The molecule has 0 N–H and O–H groups in total. The molecule has 0 spiro atoms. The molecule has 1 saturated carbocycles. The van der Waals surface area contributed by atoms with Gasteiger partial charge in [0.25, 0.3) is 0 Å². The SMILES string of the molecule is CC(C)(C)[Si](C)(C)O[C@@H]1CC2OC(=O)C[C@@H]2[C@H]1C=O. The van der Waals surface area contributed by atoms with Gasteiger partial charge in [-0.05, 0) is 18.1 Å². The van der Waals surface area contributed by atoms with E-state index in [0.29, 0.717) is 12.8 Å². The molecular formula is C14H24O4Si. The van der Waals surface area contributed by atoms with Gasteiger partial charge >= 0.3 is 5.97 Å². The van der Waals surface area contributed by atoms with E-state index in [-0.39, 0.29) is 35.1 Å². The molecule has 0 bridgehead atoms. The van der Waals surface area contributed by atoms with E-state index in [0.717, 1.165) is 6.29 Å². The van der Waals surface area contributed by atoms with Crippen LogP contribution in [0.5, 0.6) is 0 Å². The maximum Gasteiger partial charge on any atom is 0.306 e. The van der Waals surface area contributed by atoms with Crippen LogP contribution in [0.25, 0.3) is 0 Å². The van der Waals surface area contributed by atoms with Gasteiger partial charge in [-0.15, -0.1) is 0 Å². The number of hydrogen-bond donors (Lipinski definition) is 0. The quantitative estimate of drug-likeness (QED) is 0.454. The van der Waals surface area contributed by atoms with Crippen LogP contribution in [-0.4, -0.2) is 32.8 Å². The first-order chi connectivity index (χ1) is 8.65. The predicted molar refractivity (Wildman–Crippen MR) is 74.2 cm³/mol. The summed E-state index contributed by atoms with van der Waals surface area (Å²) in [6.45, 7) is 10.9. The van der Waals surface area contributed by atoms with Crippen molar-refractivity contribution in [2.75, 3.05) is 0 Å². The van der Waals surface area contributed by atoms with Gasteiger partial charge in [-0.3, -0.25) is 4.79 Å². The molecule has 1 saturated heterocycles. The summed E-state index contributed by atoms with van der Waals surface area (Å²) >= 11 is 0. The zero-order chi connectivity index (χ0) is 14.4. The Morgan fingerprint density at radius 3 is 2.53 bits per heavy atom. The lowest BCUT2D eigenvalue weighted by Crippen LogP contribution is -2.45. The van der Waals surface area contributed by atoms with E-state index in [9.17, 15) is 9.59 Å². The first kappa shape index (κ1) is 14.7. The van der Waals surface area contributed by atoms with Crippen molar-refractivity contribution in [2.45, 2.75) is 64.0 Å². The van der Waals surface area contributed by atoms with Crippen LogP contribution < -0.4 is 0 Å². The molecule has 1 aliphatic heterocycles. The molecule has 1 heterocycles. The highest BCUT2D eigenvalue weighted by Crippen LogP contribution is 2.45. The maximum absolute atomic E-state index is 11.4. The minimum atomic E-state index is -1.89. The molecule has 19 heavy (non-hydrogen) atoms. The number of fused-ring (bicyclic) bond motifs is 1. The molecule has 0 radical (unpaired) electrons. The Morgan fingerprint density at radius 1 is 1.37 bits per heavy atom. The van der Waals surface area contributed by atoms with Crippen LogP contribution in [0.1, 0.15) is 33.6 Å². The molecule has 0 aromatic carbocycles. The van der Waals surface area contributed by atoms with Gasteiger partial charge in [0.05, 0.1) is 12.5 Å². The maximum atomic E-state index is 11.4. The summed E-state index contributed by atoms with van der Waals surface area (Å²) < 4.78 is 11.6.